The Morgan fingerprint density at radius 3 is 2.59 bits per heavy atom. The number of halogens is 2. The molecule has 2 rings (SSSR count). The van der Waals surface area contributed by atoms with Crippen LogP contribution < -0.4 is 10.0 Å². The van der Waals surface area contributed by atoms with Crippen LogP contribution in [0.15, 0.2) is 52.5 Å². The van der Waals surface area contributed by atoms with E-state index in [1.54, 1.807) is 19.2 Å². The number of aliphatic imine (C=N–C) groups is 1. The fourth-order valence-electron chi connectivity index (χ4n) is 2.44. The van der Waals surface area contributed by atoms with Crippen molar-refractivity contribution in [2.45, 2.75) is 11.4 Å². The molecule has 1 heterocycles. The Kier molecular flexibility index (Phi) is 9.57. The highest BCUT2D eigenvalue weighted by Gasteiger charge is 2.14. The van der Waals surface area contributed by atoms with Crippen molar-refractivity contribution in [3.05, 3.63) is 53.3 Å². The molecule has 2 aromatic rings. The molecule has 27 heavy (non-hydrogen) atoms. The number of rotatable bonds is 7. The van der Waals surface area contributed by atoms with E-state index in [0.29, 0.717) is 24.1 Å². The fourth-order valence-corrected chi connectivity index (χ4v) is 3.77. The van der Waals surface area contributed by atoms with Crippen molar-refractivity contribution in [2.24, 2.45) is 12.0 Å². The molecule has 150 valence electrons. The standard InChI is InChI=1S/C17H24ClN5O2S.HI/c1-19-17(23(3)13-15-7-5-11-22(15)2)20-9-10-21-26(24,25)16-8-4-6-14(18)12-16;/h4-8,11-12,21H,9-10,13H2,1-3H3,(H,19,20);1H. The molecule has 0 radical (unpaired) electrons. The molecule has 0 unspecified atom stereocenters. The van der Waals surface area contributed by atoms with Gasteiger partial charge in [-0.3, -0.25) is 4.99 Å². The molecule has 0 aliphatic carbocycles. The quantitative estimate of drug-likeness (QED) is 0.252. The van der Waals surface area contributed by atoms with Gasteiger partial charge < -0.3 is 14.8 Å². The van der Waals surface area contributed by atoms with Gasteiger partial charge in [0, 0.05) is 51.1 Å². The van der Waals surface area contributed by atoms with Crippen LogP contribution in [0.3, 0.4) is 0 Å². The minimum atomic E-state index is -3.59. The van der Waals surface area contributed by atoms with E-state index in [1.807, 2.05) is 41.9 Å². The van der Waals surface area contributed by atoms with Crippen molar-refractivity contribution < 1.29 is 8.42 Å². The molecule has 0 amide bonds. The minimum absolute atomic E-state index is 0. The van der Waals surface area contributed by atoms with Gasteiger partial charge in [-0.2, -0.15) is 0 Å². The maximum absolute atomic E-state index is 12.2. The Morgan fingerprint density at radius 1 is 1.26 bits per heavy atom. The summed E-state index contributed by atoms with van der Waals surface area (Å²) in [5.41, 5.74) is 1.15. The van der Waals surface area contributed by atoms with Crippen molar-refractivity contribution in [2.75, 3.05) is 27.2 Å². The van der Waals surface area contributed by atoms with Crippen LogP contribution in [0.4, 0.5) is 0 Å². The van der Waals surface area contributed by atoms with Crippen LogP contribution in [0.5, 0.6) is 0 Å². The predicted molar refractivity (Wildman–Crippen MR) is 120 cm³/mol. The normalized spacial score (nSPS) is 11.8. The summed E-state index contributed by atoms with van der Waals surface area (Å²) in [6.45, 7) is 1.33. The van der Waals surface area contributed by atoms with E-state index in [-0.39, 0.29) is 35.4 Å². The molecule has 0 fully saturated rings. The van der Waals surface area contributed by atoms with Crippen LogP contribution in [-0.4, -0.2) is 51.0 Å². The first-order valence-electron chi connectivity index (χ1n) is 8.10. The van der Waals surface area contributed by atoms with Gasteiger partial charge in [-0.05, 0) is 30.3 Å². The van der Waals surface area contributed by atoms with Crippen LogP contribution in [0, 0.1) is 0 Å². The largest absolute Gasteiger partial charge is 0.355 e. The molecule has 0 aliphatic rings. The summed E-state index contributed by atoms with van der Waals surface area (Å²) < 4.78 is 29.1. The number of aromatic nitrogens is 1. The lowest BCUT2D eigenvalue weighted by atomic mass is 10.4. The molecular formula is C17H25ClIN5O2S. The second-order valence-corrected chi connectivity index (χ2v) is 8.00. The van der Waals surface area contributed by atoms with E-state index in [1.165, 1.54) is 12.1 Å². The topological polar surface area (TPSA) is 78.7 Å². The number of nitrogens with one attached hydrogen (secondary N) is 2. The van der Waals surface area contributed by atoms with Gasteiger partial charge in [0.05, 0.1) is 11.4 Å². The monoisotopic (exact) mass is 525 g/mol. The third kappa shape index (κ3) is 6.98. The molecule has 0 bridgehead atoms. The summed E-state index contributed by atoms with van der Waals surface area (Å²) >= 11 is 5.85. The molecule has 0 aliphatic heterocycles. The predicted octanol–water partition coefficient (Wildman–Crippen LogP) is 2.28. The molecule has 0 atom stereocenters. The molecular weight excluding hydrogens is 501 g/mol. The molecule has 7 nitrogen and oxygen atoms in total. The second kappa shape index (κ2) is 10.9. The van der Waals surface area contributed by atoms with Crippen molar-refractivity contribution >= 4 is 51.6 Å². The van der Waals surface area contributed by atoms with Crippen LogP contribution >= 0.6 is 35.6 Å². The molecule has 1 aromatic heterocycles. The van der Waals surface area contributed by atoms with Gasteiger partial charge in [0.1, 0.15) is 0 Å². The summed E-state index contributed by atoms with van der Waals surface area (Å²) in [6, 6.07) is 10.2. The number of hydrogen-bond donors (Lipinski definition) is 2. The minimum Gasteiger partial charge on any atom is -0.355 e. The van der Waals surface area contributed by atoms with Crippen LogP contribution in [0.25, 0.3) is 0 Å². The molecule has 0 spiro atoms. The first kappa shape index (κ1) is 23.7. The lowest BCUT2D eigenvalue weighted by Gasteiger charge is -2.22. The van der Waals surface area contributed by atoms with E-state index < -0.39 is 10.0 Å². The van der Waals surface area contributed by atoms with Gasteiger partial charge >= 0.3 is 0 Å². The summed E-state index contributed by atoms with van der Waals surface area (Å²) in [7, 11) is 2.03. The number of guanidine groups is 1. The average molecular weight is 526 g/mol. The molecule has 10 heteroatoms. The zero-order valence-corrected chi connectivity index (χ0v) is 19.4. The van der Waals surface area contributed by atoms with E-state index in [4.69, 9.17) is 11.6 Å². The van der Waals surface area contributed by atoms with Gasteiger partial charge in [0.2, 0.25) is 10.0 Å². The smallest absolute Gasteiger partial charge is 0.240 e. The maximum Gasteiger partial charge on any atom is 0.240 e. The van der Waals surface area contributed by atoms with Crippen LogP contribution in [-0.2, 0) is 23.6 Å². The van der Waals surface area contributed by atoms with E-state index >= 15 is 0 Å². The van der Waals surface area contributed by atoms with E-state index in [2.05, 4.69) is 15.0 Å². The lowest BCUT2D eigenvalue weighted by molar-refractivity contribution is 0.462. The van der Waals surface area contributed by atoms with E-state index in [0.717, 1.165) is 5.69 Å². The first-order valence-corrected chi connectivity index (χ1v) is 9.97. The van der Waals surface area contributed by atoms with Gasteiger partial charge in [0.15, 0.2) is 5.96 Å². The van der Waals surface area contributed by atoms with E-state index in [9.17, 15) is 8.42 Å². The Hall–Kier alpha value is -1.30. The third-order valence-electron chi connectivity index (χ3n) is 3.83. The van der Waals surface area contributed by atoms with Gasteiger partial charge in [-0.1, -0.05) is 17.7 Å². The van der Waals surface area contributed by atoms with Crippen molar-refractivity contribution in [1.29, 1.82) is 0 Å². The number of aryl methyl sites for hydroxylation is 1. The summed E-state index contributed by atoms with van der Waals surface area (Å²) in [6.07, 6.45) is 1.99. The number of benzene rings is 1. The average Bonchev–Trinajstić information content (AvgIpc) is 2.99. The molecule has 0 saturated carbocycles. The van der Waals surface area contributed by atoms with Crippen molar-refractivity contribution in [1.82, 2.24) is 19.5 Å². The lowest BCUT2D eigenvalue weighted by Crippen LogP contribution is -2.42. The number of hydrogen-bond acceptors (Lipinski definition) is 3. The molecule has 0 saturated heterocycles. The van der Waals surface area contributed by atoms with Crippen molar-refractivity contribution in [3.63, 3.8) is 0 Å². The number of nitrogens with zero attached hydrogens (tertiary/aromatic N) is 3. The highest BCUT2D eigenvalue weighted by Crippen LogP contribution is 2.14. The highest BCUT2D eigenvalue weighted by molar-refractivity contribution is 14.0. The van der Waals surface area contributed by atoms with Crippen molar-refractivity contribution in [3.8, 4) is 0 Å². The zero-order valence-electron chi connectivity index (χ0n) is 15.5. The SMILES string of the molecule is CN=C(NCCNS(=O)(=O)c1cccc(Cl)c1)N(C)Cc1cccn1C.I. The van der Waals surface area contributed by atoms with Gasteiger partial charge in [0.25, 0.3) is 0 Å². The Bertz CT molecular complexity index is 870. The highest BCUT2D eigenvalue weighted by atomic mass is 127. The Labute approximate surface area is 182 Å². The summed E-state index contributed by atoms with van der Waals surface area (Å²) in [5.74, 6) is 0.688. The second-order valence-electron chi connectivity index (χ2n) is 5.80. The third-order valence-corrected chi connectivity index (χ3v) is 5.52. The first-order chi connectivity index (χ1) is 12.3. The maximum atomic E-state index is 12.2. The number of sulfonamides is 1. The van der Waals surface area contributed by atoms with Gasteiger partial charge in [-0.25, -0.2) is 13.1 Å². The zero-order chi connectivity index (χ0) is 19.2. The van der Waals surface area contributed by atoms with Crippen LogP contribution in [0.2, 0.25) is 5.02 Å². The molecule has 2 N–H and O–H groups in total. The fraction of sp³-hybridized carbons (Fsp3) is 0.353. The van der Waals surface area contributed by atoms with Crippen LogP contribution in [0.1, 0.15) is 5.69 Å². The summed E-state index contributed by atoms with van der Waals surface area (Å²) in [4.78, 5) is 6.35. The molecule has 1 aromatic carbocycles. The Balaban J connectivity index is 0.00000364. The Morgan fingerprint density at radius 2 is 2.00 bits per heavy atom. The summed E-state index contributed by atoms with van der Waals surface area (Å²) in [5, 5.41) is 3.53. The van der Waals surface area contributed by atoms with Gasteiger partial charge in [-0.15, -0.1) is 24.0 Å².